The molecule has 0 spiro atoms. The van der Waals surface area contributed by atoms with Gasteiger partial charge < -0.3 is 9.84 Å². The van der Waals surface area contributed by atoms with Crippen LogP contribution in [0.2, 0.25) is 0 Å². The average molecular weight is 204 g/mol. The molecule has 0 aromatic heterocycles. The van der Waals surface area contributed by atoms with Crippen LogP contribution >= 0.6 is 0 Å². The number of ketones is 1. The van der Waals surface area contributed by atoms with Gasteiger partial charge >= 0.3 is 5.97 Å². The van der Waals surface area contributed by atoms with E-state index in [4.69, 9.17) is 9.84 Å². The van der Waals surface area contributed by atoms with Crippen LogP contribution in [0.25, 0.3) is 0 Å². The van der Waals surface area contributed by atoms with Crippen LogP contribution in [0.15, 0.2) is 24.3 Å². The van der Waals surface area contributed by atoms with Crippen molar-refractivity contribution in [1.82, 2.24) is 0 Å². The van der Waals surface area contributed by atoms with E-state index in [2.05, 4.69) is 0 Å². The van der Waals surface area contributed by atoms with Gasteiger partial charge in [0.2, 0.25) is 5.60 Å². The van der Waals surface area contributed by atoms with Crippen molar-refractivity contribution in [1.29, 1.82) is 0 Å². The number of hydrogen-bond acceptors (Lipinski definition) is 3. The zero-order valence-corrected chi connectivity index (χ0v) is 7.77. The number of para-hydroxylation sites is 1. The van der Waals surface area contributed by atoms with Crippen LogP contribution < -0.4 is 4.74 Å². The second-order valence-electron chi connectivity index (χ2n) is 3.91. The highest BCUT2D eigenvalue weighted by atomic mass is 16.5. The van der Waals surface area contributed by atoms with Gasteiger partial charge in [-0.3, -0.25) is 4.79 Å². The Morgan fingerprint density at radius 3 is 2.93 bits per heavy atom. The molecule has 0 bridgehead atoms. The Labute approximate surface area is 85.5 Å². The molecule has 76 valence electrons. The smallest absolute Gasteiger partial charge is 0.348 e. The molecule has 0 unspecified atom stereocenters. The van der Waals surface area contributed by atoms with E-state index < -0.39 is 17.5 Å². The number of benzene rings is 1. The van der Waals surface area contributed by atoms with E-state index in [-0.39, 0.29) is 12.2 Å². The van der Waals surface area contributed by atoms with Gasteiger partial charge in [0.05, 0.1) is 11.5 Å². The second kappa shape index (κ2) is 2.39. The molecular weight excluding hydrogens is 196 g/mol. The molecule has 4 nitrogen and oxygen atoms in total. The number of fused-ring (bicyclic) bond motifs is 2. The van der Waals surface area contributed by atoms with Crippen molar-refractivity contribution < 1.29 is 19.4 Å². The van der Waals surface area contributed by atoms with Gasteiger partial charge in [0.25, 0.3) is 0 Å². The molecule has 4 heteroatoms. The van der Waals surface area contributed by atoms with Crippen molar-refractivity contribution in [2.24, 2.45) is 5.92 Å². The Kier molecular flexibility index (Phi) is 1.35. The Balaban J connectivity index is 2.12. The summed E-state index contributed by atoms with van der Waals surface area (Å²) in [6, 6.07) is 6.77. The van der Waals surface area contributed by atoms with E-state index in [1.165, 1.54) is 0 Å². The number of carbonyl (C=O) groups excluding carboxylic acids is 1. The van der Waals surface area contributed by atoms with Crippen molar-refractivity contribution in [2.45, 2.75) is 12.0 Å². The van der Waals surface area contributed by atoms with Gasteiger partial charge in [0.1, 0.15) is 5.75 Å². The lowest BCUT2D eigenvalue weighted by atomic mass is 10.0. The molecule has 15 heavy (non-hydrogen) atoms. The fraction of sp³-hybridized carbons (Fsp3) is 0.273. The summed E-state index contributed by atoms with van der Waals surface area (Å²) < 4.78 is 5.40. The molecule has 1 N–H and O–H groups in total. The lowest BCUT2D eigenvalue weighted by molar-refractivity contribution is -0.148. The Morgan fingerprint density at radius 2 is 2.20 bits per heavy atom. The Morgan fingerprint density at radius 1 is 1.47 bits per heavy atom. The predicted molar refractivity (Wildman–Crippen MR) is 49.9 cm³/mol. The maximum atomic E-state index is 11.8. The van der Waals surface area contributed by atoms with Gasteiger partial charge in [-0.25, -0.2) is 4.79 Å². The van der Waals surface area contributed by atoms with Crippen LogP contribution in [0.4, 0.5) is 0 Å². The topological polar surface area (TPSA) is 63.6 Å². The van der Waals surface area contributed by atoms with E-state index in [9.17, 15) is 9.59 Å². The molecule has 1 aliphatic carbocycles. The fourth-order valence-electron chi connectivity index (χ4n) is 2.08. The third-order valence-electron chi connectivity index (χ3n) is 3.03. The zero-order valence-electron chi connectivity index (χ0n) is 7.77. The van der Waals surface area contributed by atoms with Crippen LogP contribution in [-0.4, -0.2) is 22.5 Å². The number of hydrogen-bond donors (Lipinski definition) is 1. The molecule has 1 aromatic rings. The molecule has 0 amide bonds. The number of carboxylic acid groups (broad SMARTS) is 1. The van der Waals surface area contributed by atoms with Crippen molar-refractivity contribution in [3.05, 3.63) is 29.8 Å². The molecule has 3 rings (SSSR count). The lowest BCUT2D eigenvalue weighted by Crippen LogP contribution is -2.37. The molecule has 2 aliphatic rings. The largest absolute Gasteiger partial charge is 0.478 e. The van der Waals surface area contributed by atoms with Crippen LogP contribution in [0, 0.1) is 5.92 Å². The predicted octanol–water partition coefficient (Wildman–Crippen LogP) is 1.10. The van der Waals surface area contributed by atoms with Gasteiger partial charge in [0, 0.05) is 6.42 Å². The van der Waals surface area contributed by atoms with E-state index in [0.29, 0.717) is 11.3 Å². The first-order valence-corrected chi connectivity index (χ1v) is 4.71. The minimum atomic E-state index is -1.27. The first kappa shape index (κ1) is 8.47. The van der Waals surface area contributed by atoms with Crippen LogP contribution in [-0.2, 0) is 4.79 Å². The van der Waals surface area contributed by atoms with Gasteiger partial charge in [-0.15, -0.1) is 0 Å². The summed E-state index contributed by atoms with van der Waals surface area (Å²) in [7, 11) is 0. The average Bonchev–Trinajstić information content (AvgIpc) is 2.94. The summed E-state index contributed by atoms with van der Waals surface area (Å²) in [5, 5.41) is 9.01. The van der Waals surface area contributed by atoms with E-state index in [0.717, 1.165) is 0 Å². The first-order chi connectivity index (χ1) is 7.15. The SMILES string of the molecule is O=C1c2ccccc2O[C@]2(C(=O)O)C[C@H]12. The molecule has 2 atom stereocenters. The number of aliphatic carboxylic acids is 1. The van der Waals surface area contributed by atoms with E-state index in [1.807, 2.05) is 0 Å². The standard InChI is InChI=1S/C11H8O4/c12-9-6-3-1-2-4-8(6)15-11(10(13)14)5-7(9)11/h1-4,7H,5H2,(H,13,14)/t7-,11-/m1/s1. The summed E-state index contributed by atoms with van der Waals surface area (Å²) >= 11 is 0. The molecule has 0 radical (unpaired) electrons. The highest BCUT2D eigenvalue weighted by Crippen LogP contribution is 2.53. The highest BCUT2D eigenvalue weighted by molar-refractivity contribution is 6.09. The summed E-state index contributed by atoms with van der Waals surface area (Å²) in [5.41, 5.74) is -0.775. The van der Waals surface area contributed by atoms with Gasteiger partial charge in [-0.1, -0.05) is 12.1 Å². The summed E-state index contributed by atoms with van der Waals surface area (Å²) in [6.45, 7) is 0. The zero-order chi connectivity index (χ0) is 10.6. The van der Waals surface area contributed by atoms with Crippen molar-refractivity contribution in [2.75, 3.05) is 0 Å². The Hall–Kier alpha value is -1.84. The molecule has 1 fully saturated rings. The van der Waals surface area contributed by atoms with Gasteiger partial charge in [0.15, 0.2) is 5.78 Å². The number of ether oxygens (including phenoxy) is 1. The number of rotatable bonds is 1. The molecule has 1 aliphatic heterocycles. The molecular formula is C11H8O4. The minimum absolute atomic E-state index is 0.112. The number of carboxylic acids is 1. The van der Waals surface area contributed by atoms with Crippen LogP contribution in [0.1, 0.15) is 16.8 Å². The Bertz CT molecular complexity index is 479. The van der Waals surface area contributed by atoms with Crippen molar-refractivity contribution in [3.8, 4) is 5.75 Å². The molecule has 0 saturated heterocycles. The maximum Gasteiger partial charge on any atom is 0.348 e. The molecule has 1 saturated carbocycles. The third kappa shape index (κ3) is 0.909. The van der Waals surface area contributed by atoms with Crippen molar-refractivity contribution in [3.63, 3.8) is 0 Å². The fourth-order valence-corrected chi connectivity index (χ4v) is 2.08. The summed E-state index contributed by atoms with van der Waals surface area (Å²) in [6.07, 6.45) is 0.288. The quantitative estimate of drug-likeness (QED) is 0.744. The third-order valence-corrected chi connectivity index (χ3v) is 3.03. The summed E-state index contributed by atoms with van der Waals surface area (Å²) in [4.78, 5) is 22.8. The van der Waals surface area contributed by atoms with Gasteiger partial charge in [-0.05, 0) is 12.1 Å². The second-order valence-corrected chi connectivity index (χ2v) is 3.91. The molecule has 1 heterocycles. The van der Waals surface area contributed by atoms with Crippen LogP contribution in [0.5, 0.6) is 5.75 Å². The van der Waals surface area contributed by atoms with Crippen LogP contribution in [0.3, 0.4) is 0 Å². The highest BCUT2D eigenvalue weighted by Gasteiger charge is 2.69. The van der Waals surface area contributed by atoms with E-state index in [1.54, 1.807) is 24.3 Å². The first-order valence-electron chi connectivity index (χ1n) is 4.71. The van der Waals surface area contributed by atoms with Gasteiger partial charge in [-0.2, -0.15) is 0 Å². The lowest BCUT2D eigenvalue weighted by Gasteiger charge is -2.21. The monoisotopic (exact) mass is 204 g/mol. The minimum Gasteiger partial charge on any atom is -0.478 e. The summed E-state index contributed by atoms with van der Waals surface area (Å²) in [5.74, 6) is -1.27. The normalized spacial score (nSPS) is 31.2. The maximum absolute atomic E-state index is 11.8. The number of Topliss-reactive ketones (excluding diaryl/α,β-unsaturated/α-hetero) is 1. The molecule has 1 aromatic carbocycles. The van der Waals surface area contributed by atoms with E-state index >= 15 is 0 Å². The number of carbonyl (C=O) groups is 2. The van der Waals surface area contributed by atoms with Crippen molar-refractivity contribution >= 4 is 11.8 Å².